The molecule has 3 heteroatoms. The van der Waals surface area contributed by atoms with E-state index >= 15 is 0 Å². The summed E-state index contributed by atoms with van der Waals surface area (Å²) in [6.45, 7) is 7.65. The zero-order valence-electron chi connectivity index (χ0n) is 12.9. The molecule has 3 nitrogen and oxygen atoms in total. The van der Waals surface area contributed by atoms with E-state index in [0.29, 0.717) is 19.2 Å². The van der Waals surface area contributed by atoms with Crippen LogP contribution in [0.4, 0.5) is 0 Å². The largest absolute Gasteiger partial charge is 0.491 e. The Morgan fingerprint density at radius 3 is 2.50 bits per heavy atom. The van der Waals surface area contributed by atoms with Crippen LogP contribution in [-0.2, 0) is 5.41 Å². The lowest BCUT2D eigenvalue weighted by molar-refractivity contribution is 0.106. The lowest BCUT2D eigenvalue weighted by atomic mass is 9.82. The smallest absolute Gasteiger partial charge is 0.119 e. The topological polar surface area (TPSA) is 41.5 Å². The Kier molecular flexibility index (Phi) is 5.06. The molecule has 112 valence electrons. The highest BCUT2D eigenvalue weighted by Gasteiger charge is 2.21. The van der Waals surface area contributed by atoms with Crippen LogP contribution >= 0.6 is 0 Å². The number of aliphatic hydroxyl groups is 1. The quantitative estimate of drug-likeness (QED) is 0.768. The lowest BCUT2D eigenvalue weighted by Gasteiger charge is -2.23. The van der Waals surface area contributed by atoms with Crippen molar-refractivity contribution < 1.29 is 9.84 Å². The minimum Gasteiger partial charge on any atom is -0.491 e. The Morgan fingerprint density at radius 1 is 1.30 bits per heavy atom. The molecule has 1 aliphatic rings. The van der Waals surface area contributed by atoms with Crippen LogP contribution in [0, 0.1) is 0 Å². The van der Waals surface area contributed by atoms with Gasteiger partial charge >= 0.3 is 0 Å². The van der Waals surface area contributed by atoms with Gasteiger partial charge in [0.25, 0.3) is 0 Å². The first-order chi connectivity index (χ1) is 9.51. The van der Waals surface area contributed by atoms with Crippen molar-refractivity contribution in [2.75, 3.05) is 13.2 Å². The van der Waals surface area contributed by atoms with Gasteiger partial charge in [-0.2, -0.15) is 0 Å². The first-order valence-corrected chi connectivity index (χ1v) is 7.66. The molecule has 0 saturated heterocycles. The van der Waals surface area contributed by atoms with Gasteiger partial charge in [-0.25, -0.2) is 0 Å². The minimum absolute atomic E-state index is 0.201. The summed E-state index contributed by atoms with van der Waals surface area (Å²) in [5.41, 5.74) is 1.52. The van der Waals surface area contributed by atoms with Gasteiger partial charge in [0.1, 0.15) is 18.5 Å². The van der Waals surface area contributed by atoms with Gasteiger partial charge in [-0.15, -0.1) is 0 Å². The molecule has 0 aliphatic heterocycles. The summed E-state index contributed by atoms with van der Waals surface area (Å²) in [5, 5.41) is 13.1. The summed E-state index contributed by atoms with van der Waals surface area (Å²) in [6, 6.07) is 8.85. The van der Waals surface area contributed by atoms with Gasteiger partial charge in [0, 0.05) is 12.6 Å². The fourth-order valence-electron chi connectivity index (χ4n) is 2.05. The fourth-order valence-corrected chi connectivity index (χ4v) is 2.05. The molecule has 1 aromatic carbocycles. The van der Waals surface area contributed by atoms with Crippen molar-refractivity contribution in [1.82, 2.24) is 5.32 Å². The Hall–Kier alpha value is -1.06. The Balaban J connectivity index is 1.78. The second-order valence-electron chi connectivity index (χ2n) is 6.41. The van der Waals surface area contributed by atoms with Crippen LogP contribution in [0.15, 0.2) is 24.3 Å². The summed E-state index contributed by atoms with van der Waals surface area (Å²) in [7, 11) is 0. The number of rotatable bonds is 8. The number of nitrogens with one attached hydrogen (secondary N) is 1. The predicted molar refractivity (Wildman–Crippen MR) is 82.3 cm³/mol. The van der Waals surface area contributed by atoms with E-state index in [1.54, 1.807) is 0 Å². The summed E-state index contributed by atoms with van der Waals surface area (Å²) >= 11 is 0. The molecule has 0 bridgehead atoms. The van der Waals surface area contributed by atoms with Crippen LogP contribution < -0.4 is 10.1 Å². The average molecular weight is 277 g/mol. The van der Waals surface area contributed by atoms with Crippen molar-refractivity contribution in [3.63, 3.8) is 0 Å². The van der Waals surface area contributed by atoms with E-state index in [4.69, 9.17) is 4.74 Å². The third kappa shape index (κ3) is 4.50. The first-order valence-electron chi connectivity index (χ1n) is 7.66. The maximum absolute atomic E-state index is 9.82. The second-order valence-corrected chi connectivity index (χ2v) is 6.41. The van der Waals surface area contributed by atoms with Gasteiger partial charge in [-0.3, -0.25) is 0 Å². The van der Waals surface area contributed by atoms with Crippen LogP contribution in [0.1, 0.15) is 45.6 Å². The zero-order valence-corrected chi connectivity index (χ0v) is 12.9. The van der Waals surface area contributed by atoms with E-state index in [2.05, 4.69) is 38.2 Å². The van der Waals surface area contributed by atoms with Crippen LogP contribution in [0.25, 0.3) is 0 Å². The molecule has 1 atom stereocenters. The van der Waals surface area contributed by atoms with E-state index in [9.17, 15) is 5.11 Å². The van der Waals surface area contributed by atoms with Gasteiger partial charge in [0.2, 0.25) is 0 Å². The van der Waals surface area contributed by atoms with Crippen molar-refractivity contribution in [3.8, 4) is 5.75 Å². The molecule has 1 saturated carbocycles. The van der Waals surface area contributed by atoms with Gasteiger partial charge in [0.15, 0.2) is 0 Å². The predicted octanol–water partition coefficient (Wildman–Crippen LogP) is 2.87. The highest BCUT2D eigenvalue weighted by atomic mass is 16.5. The molecular formula is C17H27NO2. The normalized spacial score (nSPS) is 17.0. The number of aliphatic hydroxyl groups excluding tert-OH is 1. The lowest BCUT2D eigenvalue weighted by Crippen LogP contribution is -2.32. The maximum Gasteiger partial charge on any atom is 0.119 e. The van der Waals surface area contributed by atoms with Crippen LogP contribution in [0.2, 0.25) is 0 Å². The minimum atomic E-state index is -0.442. The molecule has 0 aromatic heterocycles. The summed E-state index contributed by atoms with van der Waals surface area (Å²) in [5.74, 6) is 0.825. The molecule has 0 radical (unpaired) electrons. The van der Waals surface area contributed by atoms with Crippen LogP contribution in [-0.4, -0.2) is 30.4 Å². The fraction of sp³-hybridized carbons (Fsp3) is 0.647. The number of hydrogen-bond donors (Lipinski definition) is 2. The van der Waals surface area contributed by atoms with Gasteiger partial charge in [-0.1, -0.05) is 32.9 Å². The van der Waals surface area contributed by atoms with Gasteiger partial charge in [-0.05, 0) is 42.4 Å². The van der Waals surface area contributed by atoms with Gasteiger partial charge < -0.3 is 15.2 Å². The molecule has 1 aromatic rings. The maximum atomic E-state index is 9.82. The third-order valence-corrected chi connectivity index (χ3v) is 4.18. The van der Waals surface area contributed by atoms with Crippen molar-refractivity contribution in [3.05, 3.63) is 29.8 Å². The monoisotopic (exact) mass is 277 g/mol. The zero-order chi connectivity index (χ0) is 14.6. The number of ether oxygens (including phenoxy) is 1. The van der Waals surface area contributed by atoms with E-state index in [-0.39, 0.29) is 5.41 Å². The van der Waals surface area contributed by atoms with E-state index in [0.717, 1.165) is 12.2 Å². The highest BCUT2D eigenvalue weighted by molar-refractivity contribution is 5.31. The molecule has 2 N–H and O–H groups in total. The second kappa shape index (κ2) is 6.59. The molecule has 1 aliphatic carbocycles. The SMILES string of the molecule is CCC(C)(C)c1ccc(OCC(O)CNC2CC2)cc1. The van der Waals surface area contributed by atoms with Gasteiger partial charge in [0.05, 0.1) is 0 Å². The molecular weight excluding hydrogens is 250 g/mol. The molecule has 2 rings (SSSR count). The molecule has 20 heavy (non-hydrogen) atoms. The summed E-state index contributed by atoms with van der Waals surface area (Å²) in [6.07, 6.45) is 3.14. The third-order valence-electron chi connectivity index (χ3n) is 4.18. The molecule has 0 heterocycles. The Morgan fingerprint density at radius 2 is 1.95 bits per heavy atom. The number of benzene rings is 1. The first kappa shape index (κ1) is 15.3. The average Bonchev–Trinajstić information content (AvgIpc) is 3.27. The van der Waals surface area contributed by atoms with Crippen molar-refractivity contribution in [2.45, 2.75) is 57.6 Å². The van der Waals surface area contributed by atoms with E-state index in [1.807, 2.05) is 12.1 Å². The molecule has 0 spiro atoms. The van der Waals surface area contributed by atoms with E-state index in [1.165, 1.54) is 18.4 Å². The number of hydrogen-bond acceptors (Lipinski definition) is 3. The van der Waals surface area contributed by atoms with Crippen molar-refractivity contribution in [1.29, 1.82) is 0 Å². The molecule has 0 amide bonds. The highest BCUT2D eigenvalue weighted by Crippen LogP contribution is 2.28. The Labute approximate surface area is 122 Å². The summed E-state index contributed by atoms with van der Waals surface area (Å²) in [4.78, 5) is 0. The molecule has 1 unspecified atom stereocenters. The summed E-state index contributed by atoms with van der Waals surface area (Å²) < 4.78 is 5.63. The van der Waals surface area contributed by atoms with Crippen molar-refractivity contribution in [2.24, 2.45) is 0 Å². The van der Waals surface area contributed by atoms with Crippen molar-refractivity contribution >= 4 is 0 Å². The van der Waals surface area contributed by atoms with Crippen LogP contribution in [0.5, 0.6) is 5.75 Å². The Bertz CT molecular complexity index is 410. The standard InChI is InChI=1S/C17H27NO2/c1-4-17(2,3)13-5-9-16(10-6-13)20-12-15(19)11-18-14-7-8-14/h5-6,9-10,14-15,18-19H,4,7-8,11-12H2,1-3H3. The van der Waals surface area contributed by atoms with Crippen LogP contribution in [0.3, 0.4) is 0 Å². The molecule has 1 fully saturated rings. The van der Waals surface area contributed by atoms with E-state index < -0.39 is 6.10 Å².